The van der Waals surface area contributed by atoms with Crippen molar-refractivity contribution >= 4 is 22.8 Å². The van der Waals surface area contributed by atoms with Gasteiger partial charge in [0.25, 0.3) is 5.91 Å². The van der Waals surface area contributed by atoms with Crippen molar-refractivity contribution in [2.75, 3.05) is 13.1 Å². The Kier molecular flexibility index (Phi) is 5.78. The number of furan rings is 1. The van der Waals surface area contributed by atoms with Crippen molar-refractivity contribution in [3.8, 4) is 0 Å². The first-order valence-electron chi connectivity index (χ1n) is 9.14. The lowest BCUT2D eigenvalue weighted by Crippen LogP contribution is -2.35. The van der Waals surface area contributed by atoms with Crippen LogP contribution in [0.4, 0.5) is 4.39 Å². The number of hydrogen-bond donors (Lipinski definition) is 2. The molecule has 3 rings (SSSR count). The fourth-order valence-electron chi connectivity index (χ4n) is 2.97. The molecule has 0 spiro atoms. The van der Waals surface area contributed by atoms with Gasteiger partial charge in [-0.1, -0.05) is 18.2 Å². The van der Waals surface area contributed by atoms with Crippen LogP contribution in [0.3, 0.4) is 0 Å². The molecule has 0 radical (unpaired) electrons. The molecule has 0 fully saturated rings. The normalized spacial score (nSPS) is 10.9. The highest BCUT2D eigenvalue weighted by Gasteiger charge is 2.13. The summed E-state index contributed by atoms with van der Waals surface area (Å²) < 4.78 is 19.1. The molecule has 2 amide bonds. The summed E-state index contributed by atoms with van der Waals surface area (Å²) in [5.41, 5.74) is 4.59. The average Bonchev–Trinajstić information content (AvgIpc) is 3.07. The Morgan fingerprint density at radius 1 is 1.00 bits per heavy atom. The van der Waals surface area contributed by atoms with E-state index < -0.39 is 5.82 Å². The molecule has 0 bridgehead atoms. The van der Waals surface area contributed by atoms with E-state index >= 15 is 0 Å². The molecule has 0 aliphatic heterocycles. The van der Waals surface area contributed by atoms with Crippen molar-refractivity contribution in [3.63, 3.8) is 0 Å². The third kappa shape index (κ3) is 4.22. The number of amides is 2. The Labute approximate surface area is 162 Å². The van der Waals surface area contributed by atoms with Gasteiger partial charge in [0.1, 0.15) is 11.4 Å². The fraction of sp³-hybridized carbons (Fsp3) is 0.273. The summed E-state index contributed by atoms with van der Waals surface area (Å²) in [6.45, 7) is 6.19. The lowest BCUT2D eigenvalue weighted by atomic mass is 10.0. The maximum atomic E-state index is 13.5. The average molecular weight is 382 g/mol. The predicted molar refractivity (Wildman–Crippen MR) is 106 cm³/mol. The maximum Gasteiger partial charge on any atom is 0.251 e. The second-order valence-corrected chi connectivity index (χ2v) is 6.89. The van der Waals surface area contributed by atoms with Gasteiger partial charge in [-0.3, -0.25) is 9.59 Å². The Morgan fingerprint density at radius 3 is 2.46 bits per heavy atom. The van der Waals surface area contributed by atoms with Crippen LogP contribution in [0.1, 0.15) is 32.6 Å². The summed E-state index contributed by atoms with van der Waals surface area (Å²) in [4.78, 5) is 24.2. The summed E-state index contributed by atoms with van der Waals surface area (Å²) in [5.74, 6) is -0.949. The van der Waals surface area contributed by atoms with E-state index in [9.17, 15) is 14.0 Å². The molecule has 6 heteroatoms. The molecule has 28 heavy (non-hydrogen) atoms. The van der Waals surface area contributed by atoms with Crippen LogP contribution in [0.15, 0.2) is 41.0 Å². The highest BCUT2D eigenvalue weighted by molar-refractivity contribution is 5.94. The van der Waals surface area contributed by atoms with Crippen LogP contribution in [0, 0.1) is 26.6 Å². The number of rotatable bonds is 6. The summed E-state index contributed by atoms with van der Waals surface area (Å²) in [6, 6.07) is 8.31. The van der Waals surface area contributed by atoms with E-state index in [-0.39, 0.29) is 36.9 Å². The molecule has 0 atom stereocenters. The Morgan fingerprint density at radius 2 is 1.71 bits per heavy atom. The SMILES string of the molecule is Cc1ccc(C(=O)NCCNC(=O)Cc2coc3c(C)c(C)ccc23)cc1F. The van der Waals surface area contributed by atoms with Crippen molar-refractivity contribution in [3.05, 3.63) is 70.2 Å². The van der Waals surface area contributed by atoms with Gasteiger partial charge in [0.15, 0.2) is 0 Å². The van der Waals surface area contributed by atoms with E-state index in [1.165, 1.54) is 6.07 Å². The van der Waals surface area contributed by atoms with Gasteiger partial charge >= 0.3 is 0 Å². The standard InChI is InChI=1S/C22H23FN2O3/c1-13-5-7-18-17(12-28-21(18)15(13)3)11-20(26)24-8-9-25-22(27)16-6-4-14(2)19(23)10-16/h4-7,10,12H,8-9,11H2,1-3H3,(H,24,26)(H,25,27). The molecule has 2 N–H and O–H groups in total. The molecule has 0 aliphatic carbocycles. The number of hydrogen-bond acceptors (Lipinski definition) is 3. The van der Waals surface area contributed by atoms with Gasteiger partial charge in [0.2, 0.25) is 5.91 Å². The first-order chi connectivity index (χ1) is 13.4. The van der Waals surface area contributed by atoms with Crippen molar-refractivity contribution in [1.82, 2.24) is 10.6 Å². The van der Waals surface area contributed by atoms with Gasteiger partial charge in [0.05, 0.1) is 12.7 Å². The van der Waals surface area contributed by atoms with E-state index in [0.717, 1.165) is 27.7 Å². The van der Waals surface area contributed by atoms with Gasteiger partial charge in [0, 0.05) is 29.6 Å². The van der Waals surface area contributed by atoms with E-state index in [0.29, 0.717) is 5.56 Å². The van der Waals surface area contributed by atoms with Crippen molar-refractivity contribution in [1.29, 1.82) is 0 Å². The number of halogens is 1. The zero-order valence-corrected chi connectivity index (χ0v) is 16.2. The van der Waals surface area contributed by atoms with Gasteiger partial charge < -0.3 is 15.1 Å². The number of nitrogens with one attached hydrogen (secondary N) is 2. The summed E-state index contributed by atoms with van der Waals surface area (Å²) in [6.07, 6.45) is 1.82. The predicted octanol–water partition coefficient (Wildman–Crippen LogP) is 3.59. The molecule has 0 aliphatic rings. The van der Waals surface area contributed by atoms with E-state index in [1.54, 1.807) is 25.3 Å². The number of fused-ring (bicyclic) bond motifs is 1. The zero-order valence-electron chi connectivity index (χ0n) is 16.2. The second-order valence-electron chi connectivity index (χ2n) is 6.89. The smallest absolute Gasteiger partial charge is 0.251 e. The molecule has 3 aromatic rings. The van der Waals surface area contributed by atoms with Crippen LogP contribution in [0.2, 0.25) is 0 Å². The lowest BCUT2D eigenvalue weighted by molar-refractivity contribution is -0.120. The molecular formula is C22H23FN2O3. The third-order valence-corrected chi connectivity index (χ3v) is 4.86. The molecule has 1 aromatic heterocycles. The number of benzene rings is 2. The summed E-state index contributed by atoms with van der Waals surface area (Å²) in [7, 11) is 0. The highest BCUT2D eigenvalue weighted by Crippen LogP contribution is 2.26. The number of carbonyl (C=O) groups is 2. The first kappa shape index (κ1) is 19.6. The maximum absolute atomic E-state index is 13.5. The molecule has 2 aromatic carbocycles. The molecule has 0 saturated carbocycles. The molecule has 0 unspecified atom stereocenters. The van der Waals surface area contributed by atoms with Gasteiger partial charge in [-0.15, -0.1) is 0 Å². The van der Waals surface area contributed by atoms with E-state index in [2.05, 4.69) is 10.6 Å². The minimum atomic E-state index is -0.418. The molecule has 0 saturated heterocycles. The summed E-state index contributed by atoms with van der Waals surface area (Å²) in [5, 5.41) is 6.37. The quantitative estimate of drug-likeness (QED) is 0.640. The third-order valence-electron chi connectivity index (χ3n) is 4.86. The van der Waals surface area contributed by atoms with Crippen LogP contribution in [0.25, 0.3) is 11.0 Å². The minimum absolute atomic E-state index is 0.156. The molecule has 1 heterocycles. The Bertz CT molecular complexity index is 1040. The van der Waals surface area contributed by atoms with Crippen molar-refractivity contribution in [2.45, 2.75) is 27.2 Å². The van der Waals surface area contributed by atoms with Crippen LogP contribution in [-0.4, -0.2) is 24.9 Å². The lowest BCUT2D eigenvalue weighted by Gasteiger charge is -2.08. The Hall–Kier alpha value is -3.15. The van der Waals surface area contributed by atoms with Gasteiger partial charge in [-0.2, -0.15) is 0 Å². The van der Waals surface area contributed by atoms with Gasteiger partial charge in [-0.25, -0.2) is 4.39 Å². The monoisotopic (exact) mass is 382 g/mol. The topological polar surface area (TPSA) is 71.3 Å². The number of aryl methyl sites for hydroxylation is 3. The molecular weight excluding hydrogens is 359 g/mol. The van der Waals surface area contributed by atoms with Crippen LogP contribution >= 0.6 is 0 Å². The summed E-state index contributed by atoms with van der Waals surface area (Å²) >= 11 is 0. The Balaban J connectivity index is 1.49. The highest BCUT2D eigenvalue weighted by atomic mass is 19.1. The van der Waals surface area contributed by atoms with E-state index in [1.807, 2.05) is 26.0 Å². The van der Waals surface area contributed by atoms with Crippen LogP contribution < -0.4 is 10.6 Å². The molecule has 5 nitrogen and oxygen atoms in total. The molecule has 146 valence electrons. The zero-order chi connectivity index (χ0) is 20.3. The fourth-order valence-corrected chi connectivity index (χ4v) is 2.97. The first-order valence-corrected chi connectivity index (χ1v) is 9.14. The van der Waals surface area contributed by atoms with Crippen molar-refractivity contribution in [2.24, 2.45) is 0 Å². The van der Waals surface area contributed by atoms with E-state index in [4.69, 9.17) is 4.42 Å². The minimum Gasteiger partial charge on any atom is -0.464 e. The largest absolute Gasteiger partial charge is 0.464 e. The van der Waals surface area contributed by atoms with Gasteiger partial charge in [-0.05, 0) is 49.6 Å². The van der Waals surface area contributed by atoms with Crippen LogP contribution in [-0.2, 0) is 11.2 Å². The van der Waals surface area contributed by atoms with Crippen molar-refractivity contribution < 1.29 is 18.4 Å². The number of carbonyl (C=O) groups excluding carboxylic acids is 2. The van der Waals surface area contributed by atoms with Crippen LogP contribution in [0.5, 0.6) is 0 Å². The second kappa shape index (κ2) is 8.25.